The number of nitrogens with one attached hydrogen (secondary N) is 2. The smallest absolute Gasteiger partial charge is 0.314 e. The van der Waals surface area contributed by atoms with Crippen LogP contribution < -0.4 is 15.5 Å². The molecule has 8 heteroatoms. The van der Waals surface area contributed by atoms with Gasteiger partial charge in [-0.15, -0.1) is 0 Å². The van der Waals surface area contributed by atoms with E-state index in [0.29, 0.717) is 19.5 Å². The molecule has 1 aromatic rings. The Bertz CT molecular complexity index is 592. The van der Waals surface area contributed by atoms with Gasteiger partial charge in [0.25, 0.3) is 0 Å². The number of amides is 2. The number of carbonyl (C=O) groups excluding carboxylic acids is 1. The number of carboxylic acids is 1. The molecule has 3 N–H and O–H groups in total. The Hall–Kier alpha value is -1.99. The summed E-state index contributed by atoms with van der Waals surface area (Å²) in [6, 6.07) is 7.68. The molecule has 144 valence electrons. The summed E-state index contributed by atoms with van der Waals surface area (Å²) in [6.45, 7) is 5.77. The van der Waals surface area contributed by atoms with Gasteiger partial charge in [0, 0.05) is 45.7 Å². The topological polar surface area (TPSA) is 84.9 Å². The summed E-state index contributed by atoms with van der Waals surface area (Å²) >= 11 is 6.26. The first kappa shape index (κ1) is 20.3. The van der Waals surface area contributed by atoms with Crippen molar-refractivity contribution in [3.05, 3.63) is 29.3 Å². The van der Waals surface area contributed by atoms with Crippen molar-refractivity contribution >= 4 is 29.3 Å². The molecule has 1 aliphatic rings. The molecule has 7 nitrogen and oxygen atoms in total. The van der Waals surface area contributed by atoms with Gasteiger partial charge in [-0.25, -0.2) is 4.79 Å². The number of hydrogen-bond donors (Lipinski definition) is 3. The van der Waals surface area contributed by atoms with E-state index in [1.54, 1.807) is 0 Å². The van der Waals surface area contributed by atoms with Crippen LogP contribution in [0, 0.1) is 0 Å². The molecule has 0 saturated carbocycles. The standard InChI is InChI=1S/C18H27ClN4O3/c19-15-5-1-2-6-16(15)23-13-11-22(12-14-23)10-4-9-21-18(26)20-8-3-7-17(24)25/h1-2,5-6H,3-4,7-14H2,(H,24,25)(H2,20,21,26). The van der Waals surface area contributed by atoms with Crippen LogP contribution in [-0.2, 0) is 4.79 Å². The summed E-state index contributed by atoms with van der Waals surface area (Å²) in [4.78, 5) is 26.6. The monoisotopic (exact) mass is 382 g/mol. The van der Waals surface area contributed by atoms with Gasteiger partial charge in [-0.05, 0) is 31.5 Å². The lowest BCUT2D eigenvalue weighted by molar-refractivity contribution is -0.137. The van der Waals surface area contributed by atoms with E-state index in [9.17, 15) is 9.59 Å². The summed E-state index contributed by atoms with van der Waals surface area (Å²) in [5.41, 5.74) is 1.09. The number of hydrogen-bond acceptors (Lipinski definition) is 4. The van der Waals surface area contributed by atoms with E-state index < -0.39 is 5.97 Å². The van der Waals surface area contributed by atoms with E-state index in [1.807, 2.05) is 18.2 Å². The second kappa shape index (κ2) is 10.9. The van der Waals surface area contributed by atoms with Gasteiger partial charge in [0.15, 0.2) is 0 Å². The van der Waals surface area contributed by atoms with Gasteiger partial charge >= 0.3 is 12.0 Å². The maximum atomic E-state index is 11.6. The molecule has 1 aliphatic heterocycles. The van der Waals surface area contributed by atoms with E-state index in [0.717, 1.165) is 49.9 Å². The molecule has 1 saturated heterocycles. The highest BCUT2D eigenvalue weighted by atomic mass is 35.5. The van der Waals surface area contributed by atoms with Gasteiger partial charge in [-0.2, -0.15) is 0 Å². The van der Waals surface area contributed by atoms with E-state index in [2.05, 4.69) is 26.5 Å². The van der Waals surface area contributed by atoms with Gasteiger partial charge in [-0.3, -0.25) is 9.69 Å². The number of piperazine rings is 1. The average Bonchev–Trinajstić information content (AvgIpc) is 2.63. The summed E-state index contributed by atoms with van der Waals surface area (Å²) in [6.07, 6.45) is 1.40. The lowest BCUT2D eigenvalue weighted by Crippen LogP contribution is -2.47. The third-order valence-electron chi connectivity index (χ3n) is 4.36. The number of nitrogens with zero attached hydrogens (tertiary/aromatic N) is 2. The lowest BCUT2D eigenvalue weighted by atomic mass is 10.2. The Morgan fingerprint density at radius 1 is 1.04 bits per heavy atom. The first-order valence-electron chi connectivity index (χ1n) is 9.01. The number of benzene rings is 1. The molecule has 1 aromatic carbocycles. The molecule has 0 spiro atoms. The van der Waals surface area contributed by atoms with Crippen LogP contribution in [0.3, 0.4) is 0 Å². The Kier molecular flexibility index (Phi) is 8.50. The third-order valence-corrected chi connectivity index (χ3v) is 4.67. The molecule has 0 aromatic heterocycles. The molecular weight excluding hydrogens is 356 g/mol. The molecule has 2 amide bonds. The average molecular weight is 383 g/mol. The van der Waals surface area contributed by atoms with Crippen LogP contribution >= 0.6 is 11.6 Å². The number of rotatable bonds is 9. The second-order valence-corrected chi connectivity index (χ2v) is 6.72. The van der Waals surface area contributed by atoms with Crippen LogP contribution in [0.15, 0.2) is 24.3 Å². The quantitative estimate of drug-likeness (QED) is 0.569. The fraction of sp³-hybridized carbons (Fsp3) is 0.556. The Labute approximate surface area is 159 Å². The maximum absolute atomic E-state index is 11.6. The minimum Gasteiger partial charge on any atom is -0.481 e. The van der Waals surface area contributed by atoms with Gasteiger partial charge in [0.2, 0.25) is 0 Å². The van der Waals surface area contributed by atoms with E-state index in [-0.39, 0.29) is 12.5 Å². The second-order valence-electron chi connectivity index (χ2n) is 6.31. The number of para-hydroxylation sites is 1. The third kappa shape index (κ3) is 7.09. The number of halogens is 1. The van der Waals surface area contributed by atoms with Gasteiger partial charge in [-0.1, -0.05) is 23.7 Å². The zero-order valence-electron chi connectivity index (χ0n) is 14.9. The highest BCUT2D eigenvalue weighted by Gasteiger charge is 2.18. The van der Waals surface area contributed by atoms with E-state index in [4.69, 9.17) is 16.7 Å². The van der Waals surface area contributed by atoms with Crippen molar-refractivity contribution in [3.63, 3.8) is 0 Å². The molecule has 0 aliphatic carbocycles. The van der Waals surface area contributed by atoms with E-state index in [1.165, 1.54) is 0 Å². The Morgan fingerprint density at radius 2 is 1.69 bits per heavy atom. The maximum Gasteiger partial charge on any atom is 0.314 e. The van der Waals surface area contributed by atoms with Crippen molar-refractivity contribution < 1.29 is 14.7 Å². The van der Waals surface area contributed by atoms with Crippen LogP contribution in [0.5, 0.6) is 0 Å². The minimum absolute atomic E-state index is 0.0699. The normalized spacial score (nSPS) is 14.9. The molecule has 0 radical (unpaired) electrons. The summed E-state index contributed by atoms with van der Waals surface area (Å²) < 4.78 is 0. The minimum atomic E-state index is -0.846. The van der Waals surface area contributed by atoms with E-state index >= 15 is 0 Å². The lowest BCUT2D eigenvalue weighted by Gasteiger charge is -2.36. The van der Waals surface area contributed by atoms with Gasteiger partial charge < -0.3 is 20.6 Å². The number of carbonyl (C=O) groups is 2. The van der Waals surface area contributed by atoms with Crippen molar-refractivity contribution in [3.8, 4) is 0 Å². The summed E-state index contributed by atoms with van der Waals surface area (Å²) in [7, 11) is 0. The fourth-order valence-corrected chi connectivity index (χ4v) is 3.18. The molecule has 0 atom stereocenters. The molecule has 2 rings (SSSR count). The van der Waals surface area contributed by atoms with Crippen LogP contribution in [0.4, 0.5) is 10.5 Å². The van der Waals surface area contributed by atoms with Crippen molar-refractivity contribution in [2.24, 2.45) is 0 Å². The SMILES string of the molecule is O=C(O)CCCNC(=O)NCCCN1CCN(c2ccccc2Cl)CC1. The predicted octanol–water partition coefficient (Wildman–Crippen LogP) is 2.02. The summed E-state index contributed by atoms with van der Waals surface area (Å²) in [5.74, 6) is -0.846. The largest absolute Gasteiger partial charge is 0.481 e. The number of aliphatic carboxylic acids is 1. The van der Waals surface area contributed by atoms with Crippen molar-refractivity contribution in [1.82, 2.24) is 15.5 Å². The molecular formula is C18H27ClN4O3. The van der Waals surface area contributed by atoms with Crippen LogP contribution in [0.2, 0.25) is 5.02 Å². The zero-order chi connectivity index (χ0) is 18.8. The Morgan fingerprint density at radius 3 is 2.35 bits per heavy atom. The first-order valence-corrected chi connectivity index (χ1v) is 9.39. The number of carboxylic acid groups (broad SMARTS) is 1. The number of urea groups is 1. The van der Waals surface area contributed by atoms with Crippen LogP contribution in [-0.4, -0.2) is 67.8 Å². The highest BCUT2D eigenvalue weighted by molar-refractivity contribution is 6.33. The first-order chi connectivity index (χ1) is 12.6. The fourth-order valence-electron chi connectivity index (χ4n) is 2.93. The molecule has 0 bridgehead atoms. The van der Waals surface area contributed by atoms with Crippen molar-refractivity contribution in [2.75, 3.05) is 50.7 Å². The molecule has 0 unspecified atom stereocenters. The molecule has 1 fully saturated rings. The van der Waals surface area contributed by atoms with Crippen molar-refractivity contribution in [2.45, 2.75) is 19.3 Å². The molecule has 1 heterocycles. The summed E-state index contributed by atoms with van der Waals surface area (Å²) in [5, 5.41) is 14.8. The van der Waals surface area contributed by atoms with Gasteiger partial charge in [0.1, 0.15) is 0 Å². The highest BCUT2D eigenvalue weighted by Crippen LogP contribution is 2.25. The zero-order valence-corrected chi connectivity index (χ0v) is 15.7. The molecule has 26 heavy (non-hydrogen) atoms. The van der Waals surface area contributed by atoms with Crippen LogP contribution in [0.25, 0.3) is 0 Å². The van der Waals surface area contributed by atoms with Crippen molar-refractivity contribution in [1.29, 1.82) is 0 Å². The van der Waals surface area contributed by atoms with Gasteiger partial charge in [0.05, 0.1) is 10.7 Å². The predicted molar refractivity (Wildman–Crippen MR) is 103 cm³/mol. The number of anilines is 1. The van der Waals surface area contributed by atoms with Crippen LogP contribution in [0.1, 0.15) is 19.3 Å². The Balaban J connectivity index is 1.54.